The van der Waals surface area contributed by atoms with E-state index in [1.165, 1.54) is 12.2 Å². The molecule has 0 bridgehead atoms. The first-order valence-corrected chi connectivity index (χ1v) is 5.66. The van der Waals surface area contributed by atoms with E-state index in [1.807, 2.05) is 19.9 Å². The van der Waals surface area contributed by atoms with E-state index in [0.29, 0.717) is 18.2 Å². The molecular formula is C12H14N4O2. The van der Waals surface area contributed by atoms with Gasteiger partial charge in [-0.2, -0.15) is 4.98 Å². The molecule has 2 heterocycles. The van der Waals surface area contributed by atoms with E-state index >= 15 is 0 Å². The molecule has 0 atom stereocenters. The number of aryl methyl sites for hydroxylation is 2. The van der Waals surface area contributed by atoms with Gasteiger partial charge in [0.2, 0.25) is 0 Å². The van der Waals surface area contributed by atoms with Crippen LogP contribution in [-0.4, -0.2) is 32.2 Å². The third kappa shape index (κ3) is 2.53. The Bertz CT molecular complexity index is 616. The predicted molar refractivity (Wildman–Crippen MR) is 65.9 cm³/mol. The van der Waals surface area contributed by atoms with Crippen molar-refractivity contribution in [1.82, 2.24) is 19.6 Å². The Morgan fingerprint density at radius 2 is 2.22 bits per heavy atom. The minimum absolute atomic E-state index is 0.349. The molecule has 0 spiro atoms. The molecule has 0 aliphatic carbocycles. The standard InChI is InChI=1S/C12H14N4O2/c1-4-18-11(17)6-5-10-14-12-13-8(2)7-9(3)16(12)15-10/h5-7H,4H2,1-3H3/b6-5+. The van der Waals surface area contributed by atoms with E-state index in [0.717, 1.165) is 11.4 Å². The summed E-state index contributed by atoms with van der Waals surface area (Å²) in [5.41, 5.74) is 1.83. The molecule has 2 aromatic heterocycles. The summed E-state index contributed by atoms with van der Waals surface area (Å²) >= 11 is 0. The van der Waals surface area contributed by atoms with Crippen LogP contribution in [0.1, 0.15) is 24.1 Å². The van der Waals surface area contributed by atoms with Gasteiger partial charge in [-0.25, -0.2) is 14.3 Å². The number of carbonyl (C=O) groups is 1. The second-order valence-electron chi connectivity index (χ2n) is 3.81. The number of rotatable bonds is 3. The molecule has 18 heavy (non-hydrogen) atoms. The highest BCUT2D eigenvalue weighted by Crippen LogP contribution is 2.06. The summed E-state index contributed by atoms with van der Waals surface area (Å²) in [6.07, 6.45) is 2.82. The smallest absolute Gasteiger partial charge is 0.330 e. The van der Waals surface area contributed by atoms with Gasteiger partial charge in [0.05, 0.1) is 6.61 Å². The summed E-state index contributed by atoms with van der Waals surface area (Å²) in [5.74, 6) is 0.553. The quantitative estimate of drug-likeness (QED) is 0.603. The number of hydrogen-bond acceptors (Lipinski definition) is 5. The number of ether oxygens (including phenoxy) is 1. The van der Waals surface area contributed by atoms with Gasteiger partial charge in [-0.3, -0.25) is 0 Å². The van der Waals surface area contributed by atoms with Crippen molar-refractivity contribution in [1.29, 1.82) is 0 Å². The van der Waals surface area contributed by atoms with Crippen LogP contribution in [0.5, 0.6) is 0 Å². The Morgan fingerprint density at radius 3 is 2.94 bits per heavy atom. The number of nitrogens with zero attached hydrogens (tertiary/aromatic N) is 4. The maximum absolute atomic E-state index is 11.2. The van der Waals surface area contributed by atoms with E-state index in [1.54, 1.807) is 11.4 Å². The largest absolute Gasteiger partial charge is 0.463 e. The molecule has 6 nitrogen and oxygen atoms in total. The highest BCUT2D eigenvalue weighted by Gasteiger charge is 2.05. The highest BCUT2D eigenvalue weighted by atomic mass is 16.5. The van der Waals surface area contributed by atoms with Crippen LogP contribution in [0.15, 0.2) is 12.1 Å². The zero-order valence-corrected chi connectivity index (χ0v) is 10.5. The van der Waals surface area contributed by atoms with Gasteiger partial charge >= 0.3 is 5.97 Å². The molecule has 0 saturated carbocycles. The molecule has 0 radical (unpaired) electrons. The molecule has 0 amide bonds. The summed E-state index contributed by atoms with van der Waals surface area (Å²) in [5, 5.41) is 4.23. The molecule has 0 fully saturated rings. The number of esters is 1. The predicted octanol–water partition coefficient (Wildman–Crippen LogP) is 1.32. The van der Waals surface area contributed by atoms with E-state index in [2.05, 4.69) is 15.1 Å². The Kier molecular flexibility index (Phi) is 3.36. The fourth-order valence-corrected chi connectivity index (χ4v) is 1.59. The van der Waals surface area contributed by atoms with Gasteiger partial charge in [-0.15, -0.1) is 5.10 Å². The van der Waals surface area contributed by atoms with Crippen molar-refractivity contribution in [3.8, 4) is 0 Å². The number of carbonyl (C=O) groups excluding carboxylic acids is 1. The summed E-state index contributed by atoms with van der Waals surface area (Å²) in [7, 11) is 0. The molecule has 94 valence electrons. The summed E-state index contributed by atoms with van der Waals surface area (Å²) in [6, 6.07) is 1.92. The Morgan fingerprint density at radius 1 is 1.44 bits per heavy atom. The molecule has 0 aliphatic heterocycles. The van der Waals surface area contributed by atoms with Crippen LogP contribution in [0, 0.1) is 13.8 Å². The Labute approximate surface area is 104 Å². The molecule has 0 saturated heterocycles. The average molecular weight is 246 g/mol. The number of aromatic nitrogens is 4. The molecule has 2 aromatic rings. The van der Waals surface area contributed by atoms with Gasteiger partial charge in [0, 0.05) is 17.5 Å². The van der Waals surface area contributed by atoms with Crippen molar-refractivity contribution in [2.75, 3.05) is 6.61 Å². The lowest BCUT2D eigenvalue weighted by Gasteiger charge is -1.97. The maximum atomic E-state index is 11.2. The lowest BCUT2D eigenvalue weighted by Crippen LogP contribution is -1.99. The second kappa shape index (κ2) is 4.95. The molecule has 6 heteroatoms. The topological polar surface area (TPSA) is 69.4 Å². The van der Waals surface area contributed by atoms with Crippen LogP contribution in [-0.2, 0) is 9.53 Å². The molecule has 0 aromatic carbocycles. The van der Waals surface area contributed by atoms with Crippen molar-refractivity contribution in [2.24, 2.45) is 0 Å². The first kappa shape index (κ1) is 12.2. The zero-order valence-electron chi connectivity index (χ0n) is 10.5. The SMILES string of the molecule is CCOC(=O)/C=C/c1nc2nc(C)cc(C)n2n1. The van der Waals surface area contributed by atoms with Crippen LogP contribution in [0.25, 0.3) is 11.9 Å². The molecule has 0 N–H and O–H groups in total. The summed E-state index contributed by atoms with van der Waals surface area (Å²) < 4.78 is 6.41. The highest BCUT2D eigenvalue weighted by molar-refractivity contribution is 5.86. The van der Waals surface area contributed by atoms with Crippen LogP contribution in [0.2, 0.25) is 0 Å². The van der Waals surface area contributed by atoms with Gasteiger partial charge in [0.15, 0.2) is 5.82 Å². The van der Waals surface area contributed by atoms with Gasteiger partial charge < -0.3 is 4.74 Å². The normalized spacial score (nSPS) is 11.3. The van der Waals surface area contributed by atoms with Crippen molar-refractivity contribution in [3.05, 3.63) is 29.4 Å². The summed E-state index contributed by atoms with van der Waals surface area (Å²) in [6.45, 7) is 5.93. The Balaban J connectivity index is 2.31. The fraction of sp³-hybridized carbons (Fsp3) is 0.333. The first-order chi connectivity index (χ1) is 8.60. The minimum Gasteiger partial charge on any atom is -0.463 e. The molecule has 2 rings (SSSR count). The van der Waals surface area contributed by atoms with Gasteiger partial charge in [0.25, 0.3) is 5.78 Å². The second-order valence-corrected chi connectivity index (χ2v) is 3.81. The number of hydrogen-bond donors (Lipinski definition) is 0. The van der Waals surface area contributed by atoms with Crippen LogP contribution in [0.3, 0.4) is 0 Å². The average Bonchev–Trinajstić information content (AvgIpc) is 2.70. The lowest BCUT2D eigenvalue weighted by atomic mass is 10.4. The third-order valence-corrected chi connectivity index (χ3v) is 2.29. The van der Waals surface area contributed by atoms with E-state index in [-0.39, 0.29) is 0 Å². The van der Waals surface area contributed by atoms with Gasteiger partial charge in [-0.05, 0) is 32.9 Å². The molecular weight excluding hydrogens is 232 g/mol. The van der Waals surface area contributed by atoms with E-state index < -0.39 is 5.97 Å². The van der Waals surface area contributed by atoms with Crippen molar-refractivity contribution < 1.29 is 9.53 Å². The van der Waals surface area contributed by atoms with Crippen molar-refractivity contribution >= 4 is 17.8 Å². The van der Waals surface area contributed by atoms with Crippen LogP contribution >= 0.6 is 0 Å². The maximum Gasteiger partial charge on any atom is 0.330 e. The van der Waals surface area contributed by atoms with Crippen LogP contribution < -0.4 is 0 Å². The van der Waals surface area contributed by atoms with Gasteiger partial charge in [-0.1, -0.05) is 0 Å². The first-order valence-electron chi connectivity index (χ1n) is 5.66. The third-order valence-electron chi connectivity index (χ3n) is 2.29. The van der Waals surface area contributed by atoms with E-state index in [9.17, 15) is 4.79 Å². The molecule has 0 aliphatic rings. The summed E-state index contributed by atoms with van der Waals surface area (Å²) in [4.78, 5) is 19.6. The minimum atomic E-state index is -0.405. The van der Waals surface area contributed by atoms with Crippen LogP contribution in [0.4, 0.5) is 0 Å². The lowest BCUT2D eigenvalue weighted by molar-refractivity contribution is -0.137. The van der Waals surface area contributed by atoms with Crippen molar-refractivity contribution in [2.45, 2.75) is 20.8 Å². The van der Waals surface area contributed by atoms with Crippen molar-refractivity contribution in [3.63, 3.8) is 0 Å². The fourth-order valence-electron chi connectivity index (χ4n) is 1.59. The monoisotopic (exact) mass is 246 g/mol. The molecule has 0 unspecified atom stereocenters. The number of fused-ring (bicyclic) bond motifs is 1. The zero-order chi connectivity index (χ0) is 13.1. The van der Waals surface area contributed by atoms with Gasteiger partial charge in [0.1, 0.15) is 0 Å². The van der Waals surface area contributed by atoms with E-state index in [4.69, 9.17) is 4.74 Å². The Hall–Kier alpha value is -2.24.